The van der Waals surface area contributed by atoms with Crippen molar-refractivity contribution < 1.29 is 9.90 Å². The van der Waals surface area contributed by atoms with Gasteiger partial charge in [0.1, 0.15) is 11.7 Å². The molecule has 2 heterocycles. The van der Waals surface area contributed by atoms with Gasteiger partial charge < -0.3 is 5.11 Å². The second-order valence-corrected chi connectivity index (χ2v) is 4.15. The van der Waals surface area contributed by atoms with E-state index >= 15 is 0 Å². The van der Waals surface area contributed by atoms with Crippen molar-refractivity contribution >= 4 is 27.5 Å². The molecule has 0 saturated carbocycles. The molecule has 0 radical (unpaired) electrons. The molecule has 2 rings (SSSR count). The van der Waals surface area contributed by atoms with Crippen molar-refractivity contribution in [1.82, 2.24) is 9.97 Å². The van der Waals surface area contributed by atoms with E-state index in [4.69, 9.17) is 5.11 Å². The van der Waals surface area contributed by atoms with Crippen molar-refractivity contribution in [2.75, 3.05) is 0 Å². The molecule has 4 nitrogen and oxygen atoms in total. The van der Waals surface area contributed by atoms with Crippen LogP contribution in [0.3, 0.4) is 0 Å². The zero-order chi connectivity index (χ0) is 10.8. The molecule has 0 fully saturated rings. The van der Waals surface area contributed by atoms with Gasteiger partial charge in [-0.05, 0) is 17.9 Å². The Bertz CT molecular complexity index is 495. The number of thiophene rings is 1. The summed E-state index contributed by atoms with van der Waals surface area (Å²) in [5, 5.41) is 10.9. The second kappa shape index (κ2) is 3.94. The van der Waals surface area contributed by atoms with Crippen molar-refractivity contribution in [1.29, 1.82) is 0 Å². The summed E-state index contributed by atoms with van der Waals surface area (Å²) < 4.78 is 0.985. The van der Waals surface area contributed by atoms with Gasteiger partial charge in [-0.25, -0.2) is 9.97 Å². The van der Waals surface area contributed by atoms with E-state index in [2.05, 4.69) is 9.97 Å². The predicted octanol–water partition coefficient (Wildman–Crippen LogP) is 2.27. The lowest BCUT2D eigenvalue weighted by Crippen LogP contribution is -2.13. The van der Waals surface area contributed by atoms with Crippen LogP contribution < -0.4 is 0 Å². The van der Waals surface area contributed by atoms with Gasteiger partial charge in [-0.15, -0.1) is 11.3 Å². The predicted molar refractivity (Wildman–Crippen MR) is 58.1 cm³/mol. The number of fused-ring (bicyclic) bond motifs is 1. The van der Waals surface area contributed by atoms with Crippen LogP contribution in [0.2, 0.25) is 0 Å². The number of carbonyl (C=O) groups is 1. The topological polar surface area (TPSA) is 63.1 Å². The summed E-state index contributed by atoms with van der Waals surface area (Å²) in [4.78, 5) is 19.3. The van der Waals surface area contributed by atoms with Gasteiger partial charge in [-0.2, -0.15) is 0 Å². The Morgan fingerprint density at radius 3 is 3.13 bits per heavy atom. The highest BCUT2D eigenvalue weighted by atomic mass is 32.1. The molecule has 2 aromatic heterocycles. The third-order valence-corrected chi connectivity index (χ3v) is 3.08. The van der Waals surface area contributed by atoms with Crippen LogP contribution in [0.5, 0.6) is 0 Å². The van der Waals surface area contributed by atoms with Crippen molar-refractivity contribution in [3.8, 4) is 0 Å². The number of carboxylic acids is 1. The van der Waals surface area contributed by atoms with E-state index < -0.39 is 11.9 Å². The monoisotopic (exact) mass is 222 g/mol. The maximum absolute atomic E-state index is 10.9. The molecule has 0 spiro atoms. The van der Waals surface area contributed by atoms with Gasteiger partial charge in [0, 0.05) is 6.20 Å². The SMILES string of the molecule is CCC(C(=O)O)c1ncc2sccc2n1. The fraction of sp³-hybridized carbons (Fsp3) is 0.300. The summed E-state index contributed by atoms with van der Waals surface area (Å²) in [5.74, 6) is -1.07. The lowest BCUT2D eigenvalue weighted by atomic mass is 10.1. The molecule has 1 unspecified atom stereocenters. The Hall–Kier alpha value is -1.49. The van der Waals surface area contributed by atoms with E-state index in [0.717, 1.165) is 10.2 Å². The number of hydrogen-bond donors (Lipinski definition) is 1. The van der Waals surface area contributed by atoms with Crippen molar-refractivity contribution in [2.24, 2.45) is 0 Å². The number of hydrogen-bond acceptors (Lipinski definition) is 4. The lowest BCUT2D eigenvalue weighted by molar-refractivity contribution is -0.139. The molecule has 1 atom stereocenters. The summed E-state index contributed by atoms with van der Waals surface area (Å²) in [6.07, 6.45) is 2.19. The highest BCUT2D eigenvalue weighted by molar-refractivity contribution is 7.17. The van der Waals surface area contributed by atoms with E-state index in [1.165, 1.54) is 0 Å². The third-order valence-electron chi connectivity index (χ3n) is 2.24. The molecule has 0 aliphatic heterocycles. The molecule has 5 heteroatoms. The maximum Gasteiger partial charge on any atom is 0.314 e. The molecule has 2 aromatic rings. The highest BCUT2D eigenvalue weighted by Gasteiger charge is 2.20. The molecule has 0 bridgehead atoms. The van der Waals surface area contributed by atoms with Gasteiger partial charge in [0.05, 0.1) is 10.2 Å². The highest BCUT2D eigenvalue weighted by Crippen LogP contribution is 2.21. The van der Waals surface area contributed by atoms with Crippen LogP contribution in [0, 0.1) is 0 Å². The Morgan fingerprint density at radius 2 is 2.47 bits per heavy atom. The van der Waals surface area contributed by atoms with Crippen LogP contribution >= 0.6 is 11.3 Å². The van der Waals surface area contributed by atoms with Gasteiger partial charge in [0.2, 0.25) is 0 Å². The fourth-order valence-corrected chi connectivity index (χ4v) is 2.11. The van der Waals surface area contributed by atoms with Gasteiger partial charge in [0.25, 0.3) is 0 Å². The third kappa shape index (κ3) is 1.83. The number of rotatable bonds is 3. The van der Waals surface area contributed by atoms with E-state index in [1.807, 2.05) is 18.4 Å². The van der Waals surface area contributed by atoms with E-state index in [-0.39, 0.29) is 0 Å². The van der Waals surface area contributed by atoms with Crippen molar-refractivity contribution in [3.63, 3.8) is 0 Å². The molecule has 0 aliphatic carbocycles. The van der Waals surface area contributed by atoms with Gasteiger partial charge in [-0.1, -0.05) is 6.92 Å². The fourth-order valence-electron chi connectivity index (χ4n) is 1.42. The summed E-state index contributed by atoms with van der Waals surface area (Å²) in [5.41, 5.74) is 0.824. The molecule has 1 N–H and O–H groups in total. The molecule has 0 aliphatic rings. The Morgan fingerprint density at radius 1 is 1.67 bits per heavy atom. The number of carboxylic acid groups (broad SMARTS) is 1. The number of aliphatic carboxylic acids is 1. The van der Waals surface area contributed by atoms with Crippen LogP contribution in [0.15, 0.2) is 17.6 Å². The Labute approximate surface area is 90.6 Å². The Balaban J connectivity index is 2.46. The molecular weight excluding hydrogens is 212 g/mol. The molecule has 78 valence electrons. The second-order valence-electron chi connectivity index (χ2n) is 3.20. The lowest BCUT2D eigenvalue weighted by Gasteiger charge is -2.07. The molecule has 15 heavy (non-hydrogen) atoms. The normalized spacial score (nSPS) is 12.9. The zero-order valence-electron chi connectivity index (χ0n) is 8.17. The largest absolute Gasteiger partial charge is 0.481 e. The summed E-state index contributed by atoms with van der Waals surface area (Å²) in [6.45, 7) is 1.82. The van der Waals surface area contributed by atoms with Crippen LogP contribution in [0.1, 0.15) is 25.1 Å². The molecule has 0 saturated heterocycles. The van der Waals surface area contributed by atoms with Gasteiger partial charge in [-0.3, -0.25) is 4.79 Å². The molecule has 0 aromatic carbocycles. The van der Waals surface area contributed by atoms with Gasteiger partial charge >= 0.3 is 5.97 Å². The zero-order valence-corrected chi connectivity index (χ0v) is 8.99. The first-order valence-electron chi connectivity index (χ1n) is 4.65. The maximum atomic E-state index is 10.9. The summed E-state index contributed by atoms with van der Waals surface area (Å²) >= 11 is 1.55. The van der Waals surface area contributed by atoms with Crippen LogP contribution in [-0.4, -0.2) is 21.0 Å². The average Bonchev–Trinajstić information content (AvgIpc) is 2.65. The Kier molecular flexibility index (Phi) is 2.64. The quantitative estimate of drug-likeness (QED) is 0.865. The van der Waals surface area contributed by atoms with Crippen molar-refractivity contribution in [3.05, 3.63) is 23.5 Å². The minimum Gasteiger partial charge on any atom is -0.481 e. The number of nitrogens with zero attached hydrogens (tertiary/aromatic N) is 2. The van der Waals surface area contributed by atoms with Crippen LogP contribution in [-0.2, 0) is 4.79 Å². The van der Waals surface area contributed by atoms with Crippen LogP contribution in [0.25, 0.3) is 10.2 Å². The molecular formula is C10H10N2O2S. The molecule has 0 amide bonds. The van der Waals surface area contributed by atoms with Crippen LogP contribution in [0.4, 0.5) is 0 Å². The summed E-state index contributed by atoms with van der Waals surface area (Å²) in [6, 6.07) is 1.87. The smallest absolute Gasteiger partial charge is 0.314 e. The first-order valence-corrected chi connectivity index (χ1v) is 5.53. The van der Waals surface area contributed by atoms with Gasteiger partial charge in [0.15, 0.2) is 0 Å². The van der Waals surface area contributed by atoms with E-state index in [1.54, 1.807) is 17.5 Å². The van der Waals surface area contributed by atoms with Crippen molar-refractivity contribution in [2.45, 2.75) is 19.3 Å². The minimum atomic E-state index is -0.868. The number of aromatic nitrogens is 2. The minimum absolute atomic E-state index is 0.399. The summed E-state index contributed by atoms with van der Waals surface area (Å²) in [7, 11) is 0. The first kappa shape index (κ1) is 10.0. The van der Waals surface area contributed by atoms with E-state index in [9.17, 15) is 4.79 Å². The van der Waals surface area contributed by atoms with E-state index in [0.29, 0.717) is 12.2 Å². The average molecular weight is 222 g/mol. The standard InChI is InChI=1S/C10H10N2O2S/c1-2-6(10(13)14)9-11-5-8-7(12-9)3-4-15-8/h3-6H,2H2,1H3,(H,13,14). The first-order chi connectivity index (χ1) is 7.22.